The van der Waals surface area contributed by atoms with Crippen LogP contribution < -0.4 is 10.6 Å². The summed E-state index contributed by atoms with van der Waals surface area (Å²) in [5.41, 5.74) is 0.0235. The van der Waals surface area contributed by atoms with Crippen LogP contribution in [0.15, 0.2) is 35.5 Å². The molecule has 0 aliphatic carbocycles. The molecule has 1 aliphatic heterocycles. The Hall–Kier alpha value is -3.08. The molecule has 0 atom stereocenters. The molecule has 4 heterocycles. The van der Waals surface area contributed by atoms with Crippen molar-refractivity contribution in [3.8, 4) is 5.82 Å². The quantitative estimate of drug-likeness (QED) is 0.560. The van der Waals surface area contributed by atoms with Gasteiger partial charge in [-0.1, -0.05) is 0 Å². The number of anilines is 1. The molecular weight excluding hydrogens is 437 g/mol. The van der Waals surface area contributed by atoms with Crippen molar-refractivity contribution in [2.75, 3.05) is 25.2 Å². The fraction of sp³-hybridized carbons (Fsp3) is 0.500. The normalized spacial score (nSPS) is 15.2. The van der Waals surface area contributed by atoms with Crippen molar-refractivity contribution >= 4 is 5.82 Å². The minimum absolute atomic E-state index is 0.0140. The van der Waals surface area contributed by atoms with Crippen LogP contribution in [0.25, 0.3) is 5.82 Å². The standard InChI is InChI=1S/C22H27F3N6O2/c1-4-30-14-16(11-26-30)13-29-12-15(2)31(21(29)32)20-10-17(22(23,24)25)9-19(27-20)28(3)18-5-7-33-8-6-18/h9-12,14,18H,4-8,13H2,1-3H3. The number of imidazole rings is 1. The number of aryl methyl sites for hydroxylation is 2. The van der Waals surface area contributed by atoms with Crippen LogP contribution in [-0.4, -0.2) is 50.2 Å². The van der Waals surface area contributed by atoms with Crippen LogP contribution in [0.2, 0.25) is 0 Å². The molecule has 0 unspecified atom stereocenters. The van der Waals surface area contributed by atoms with Crippen molar-refractivity contribution < 1.29 is 17.9 Å². The van der Waals surface area contributed by atoms with E-state index >= 15 is 0 Å². The van der Waals surface area contributed by atoms with Crippen molar-refractivity contribution in [2.45, 2.75) is 52.0 Å². The van der Waals surface area contributed by atoms with Gasteiger partial charge in [0.05, 0.1) is 18.3 Å². The highest BCUT2D eigenvalue weighted by atomic mass is 19.4. The van der Waals surface area contributed by atoms with E-state index in [1.807, 2.05) is 13.1 Å². The summed E-state index contributed by atoms with van der Waals surface area (Å²) in [6.07, 6.45) is 1.96. The Balaban J connectivity index is 1.74. The van der Waals surface area contributed by atoms with E-state index in [2.05, 4.69) is 10.1 Å². The Bertz CT molecular complexity index is 1170. The van der Waals surface area contributed by atoms with E-state index in [1.54, 1.807) is 35.9 Å². The number of nitrogens with zero attached hydrogens (tertiary/aromatic N) is 6. The van der Waals surface area contributed by atoms with E-state index in [9.17, 15) is 18.0 Å². The zero-order valence-electron chi connectivity index (χ0n) is 18.8. The molecule has 0 spiro atoms. The number of ether oxygens (including phenoxy) is 1. The summed E-state index contributed by atoms with van der Waals surface area (Å²) in [6, 6.07) is 1.98. The van der Waals surface area contributed by atoms with Crippen LogP contribution in [0.1, 0.15) is 36.6 Å². The van der Waals surface area contributed by atoms with Gasteiger partial charge >= 0.3 is 11.9 Å². The third-order valence-corrected chi connectivity index (χ3v) is 5.95. The molecule has 0 bridgehead atoms. The minimum Gasteiger partial charge on any atom is -0.381 e. The van der Waals surface area contributed by atoms with Crippen molar-refractivity contribution in [1.82, 2.24) is 23.9 Å². The Morgan fingerprint density at radius 2 is 1.94 bits per heavy atom. The molecule has 178 valence electrons. The maximum Gasteiger partial charge on any atom is 0.416 e. The lowest BCUT2D eigenvalue weighted by atomic mass is 10.1. The molecule has 1 saturated heterocycles. The zero-order chi connectivity index (χ0) is 23.8. The van der Waals surface area contributed by atoms with E-state index < -0.39 is 17.4 Å². The molecule has 0 N–H and O–H groups in total. The Morgan fingerprint density at radius 3 is 2.58 bits per heavy atom. The van der Waals surface area contributed by atoms with Gasteiger partial charge in [-0.25, -0.2) is 14.3 Å². The molecule has 3 aromatic heterocycles. The van der Waals surface area contributed by atoms with E-state index in [0.29, 0.717) is 38.3 Å². The largest absolute Gasteiger partial charge is 0.416 e. The number of hydrogen-bond acceptors (Lipinski definition) is 5. The van der Waals surface area contributed by atoms with Gasteiger partial charge in [-0.15, -0.1) is 0 Å². The first-order valence-electron chi connectivity index (χ1n) is 10.9. The lowest BCUT2D eigenvalue weighted by Crippen LogP contribution is -2.37. The van der Waals surface area contributed by atoms with Gasteiger partial charge in [-0.05, 0) is 38.8 Å². The van der Waals surface area contributed by atoms with Gasteiger partial charge in [0, 0.05) is 56.5 Å². The zero-order valence-corrected chi connectivity index (χ0v) is 18.8. The van der Waals surface area contributed by atoms with Gasteiger partial charge < -0.3 is 9.64 Å². The average molecular weight is 464 g/mol. The lowest BCUT2D eigenvalue weighted by Gasteiger charge is -2.32. The second-order valence-corrected chi connectivity index (χ2v) is 8.25. The van der Waals surface area contributed by atoms with E-state index in [1.165, 1.54) is 9.13 Å². The summed E-state index contributed by atoms with van der Waals surface area (Å²) in [5, 5.41) is 4.20. The molecule has 33 heavy (non-hydrogen) atoms. The number of pyridine rings is 1. The predicted octanol–water partition coefficient (Wildman–Crippen LogP) is 3.24. The first-order chi connectivity index (χ1) is 15.7. The molecule has 0 radical (unpaired) electrons. The highest BCUT2D eigenvalue weighted by Crippen LogP contribution is 2.33. The third-order valence-electron chi connectivity index (χ3n) is 5.95. The predicted molar refractivity (Wildman–Crippen MR) is 117 cm³/mol. The first kappa shape index (κ1) is 23.1. The highest BCUT2D eigenvalue weighted by Gasteiger charge is 2.33. The highest BCUT2D eigenvalue weighted by molar-refractivity contribution is 5.48. The maximum atomic E-state index is 13.7. The van der Waals surface area contributed by atoms with Gasteiger partial charge in [-0.3, -0.25) is 9.25 Å². The molecule has 11 heteroatoms. The van der Waals surface area contributed by atoms with Gasteiger partial charge in [0.1, 0.15) is 11.6 Å². The van der Waals surface area contributed by atoms with Gasteiger partial charge in [0.2, 0.25) is 0 Å². The van der Waals surface area contributed by atoms with Crippen LogP contribution >= 0.6 is 0 Å². The van der Waals surface area contributed by atoms with Crippen LogP contribution in [0, 0.1) is 6.92 Å². The second kappa shape index (κ2) is 9.05. The Kier molecular flexibility index (Phi) is 6.33. The number of aromatic nitrogens is 5. The van der Waals surface area contributed by atoms with Gasteiger partial charge in [0.15, 0.2) is 0 Å². The van der Waals surface area contributed by atoms with Crippen LogP contribution in [-0.2, 0) is 24.0 Å². The van der Waals surface area contributed by atoms with Crippen LogP contribution in [0.5, 0.6) is 0 Å². The number of rotatable bonds is 6. The van der Waals surface area contributed by atoms with Crippen molar-refractivity contribution in [3.63, 3.8) is 0 Å². The monoisotopic (exact) mass is 464 g/mol. The summed E-state index contributed by atoms with van der Waals surface area (Å²) < 4.78 is 51.0. The summed E-state index contributed by atoms with van der Waals surface area (Å²) >= 11 is 0. The topological polar surface area (TPSA) is 70.1 Å². The van der Waals surface area contributed by atoms with Gasteiger partial charge in [0.25, 0.3) is 0 Å². The SMILES string of the molecule is CCn1cc(Cn2cc(C)n(-c3cc(C(F)(F)F)cc(N(C)C4CCOCC4)n3)c2=O)cn1. The molecule has 1 fully saturated rings. The number of halogens is 3. The van der Waals surface area contributed by atoms with Crippen LogP contribution in [0.4, 0.5) is 19.0 Å². The average Bonchev–Trinajstić information content (AvgIpc) is 3.36. The van der Waals surface area contributed by atoms with E-state index in [0.717, 1.165) is 17.7 Å². The molecule has 0 aromatic carbocycles. The maximum absolute atomic E-state index is 13.7. The summed E-state index contributed by atoms with van der Waals surface area (Å²) in [4.78, 5) is 19.4. The smallest absolute Gasteiger partial charge is 0.381 e. The van der Waals surface area contributed by atoms with Crippen molar-refractivity contribution in [1.29, 1.82) is 0 Å². The molecular formula is C22H27F3N6O2. The lowest BCUT2D eigenvalue weighted by molar-refractivity contribution is -0.137. The summed E-state index contributed by atoms with van der Waals surface area (Å²) in [5.74, 6) is 0.124. The molecule has 1 aliphatic rings. The van der Waals surface area contributed by atoms with Crippen molar-refractivity contribution in [2.24, 2.45) is 0 Å². The van der Waals surface area contributed by atoms with Crippen molar-refractivity contribution in [3.05, 3.63) is 58.0 Å². The fourth-order valence-electron chi connectivity index (χ4n) is 4.09. The molecule has 4 rings (SSSR count). The van der Waals surface area contributed by atoms with E-state index in [-0.39, 0.29) is 24.2 Å². The molecule has 3 aromatic rings. The second-order valence-electron chi connectivity index (χ2n) is 8.25. The first-order valence-corrected chi connectivity index (χ1v) is 10.9. The summed E-state index contributed by atoms with van der Waals surface area (Å²) in [6.45, 7) is 5.70. The molecule has 0 amide bonds. The molecule has 8 nitrogen and oxygen atoms in total. The fourth-order valence-corrected chi connectivity index (χ4v) is 4.09. The number of hydrogen-bond donors (Lipinski definition) is 0. The summed E-state index contributed by atoms with van der Waals surface area (Å²) in [7, 11) is 1.73. The Morgan fingerprint density at radius 1 is 1.21 bits per heavy atom. The molecule has 0 saturated carbocycles. The minimum atomic E-state index is -4.57. The van der Waals surface area contributed by atoms with Crippen LogP contribution in [0.3, 0.4) is 0 Å². The van der Waals surface area contributed by atoms with E-state index in [4.69, 9.17) is 4.74 Å². The number of alkyl halides is 3. The van der Waals surface area contributed by atoms with Gasteiger partial charge in [-0.2, -0.15) is 18.3 Å². The Labute approximate surface area is 189 Å². The third kappa shape index (κ3) is 4.82.